The van der Waals surface area contributed by atoms with Gasteiger partial charge in [-0.25, -0.2) is 15.0 Å². The molecule has 0 bridgehead atoms. The molecule has 1 amide bonds. The quantitative estimate of drug-likeness (QED) is 0.314. The largest absolute Gasteiger partial charge is 0.395 e. The molecule has 0 radical (unpaired) electrons. The van der Waals surface area contributed by atoms with Gasteiger partial charge in [-0.2, -0.15) is 0 Å². The first kappa shape index (κ1) is 17.4. The third kappa shape index (κ3) is 3.01. The van der Waals surface area contributed by atoms with Gasteiger partial charge < -0.3 is 36.2 Å². The van der Waals surface area contributed by atoms with E-state index in [4.69, 9.17) is 15.6 Å². The molecule has 1 aliphatic heterocycles. The maximum atomic E-state index is 11.8. The monoisotopic (exact) mass is 354 g/mol. The van der Waals surface area contributed by atoms with Crippen molar-refractivity contribution < 1.29 is 30.0 Å². The van der Waals surface area contributed by atoms with E-state index in [1.807, 2.05) is 0 Å². The standard InChI is InChI=1S/C13H18N6O6/c14-10-5-11(17-3-16-10)19(4-18-5)13-7(22)6(21)9(25-13)8(23)12(24)15-1-2-20/h3-4,6-9,13,20-23H,1-2H2,(H,15,24)(H2,14,16,17)/t6?,7?,8?,9-,13+/m0/s1. The molecule has 3 unspecified atom stereocenters. The molecule has 3 heterocycles. The lowest BCUT2D eigenvalue weighted by atomic mass is 10.1. The third-order valence-corrected chi connectivity index (χ3v) is 3.93. The van der Waals surface area contributed by atoms with Crippen molar-refractivity contribution >= 4 is 22.9 Å². The molecule has 3 rings (SSSR count). The molecular formula is C13H18N6O6. The fraction of sp³-hybridized carbons (Fsp3) is 0.538. The minimum atomic E-state index is -1.74. The lowest BCUT2D eigenvalue weighted by Gasteiger charge is -2.20. The Morgan fingerprint density at radius 3 is 2.84 bits per heavy atom. The highest BCUT2D eigenvalue weighted by atomic mass is 16.6. The summed E-state index contributed by atoms with van der Waals surface area (Å²) in [7, 11) is 0. The number of ether oxygens (including phenoxy) is 1. The highest BCUT2D eigenvalue weighted by Gasteiger charge is 2.49. The average Bonchev–Trinajstić information content (AvgIpc) is 3.15. The highest BCUT2D eigenvalue weighted by molar-refractivity contribution is 5.82. The molecule has 5 atom stereocenters. The molecule has 12 heteroatoms. The van der Waals surface area contributed by atoms with Gasteiger partial charge in [0.05, 0.1) is 12.9 Å². The summed E-state index contributed by atoms with van der Waals surface area (Å²) >= 11 is 0. The van der Waals surface area contributed by atoms with E-state index in [-0.39, 0.29) is 30.1 Å². The SMILES string of the molecule is Nc1ncnc2c1ncn2[C@@H]1O[C@H](C(O)C(=O)NCCO)C(O)C1O. The molecule has 1 aliphatic rings. The summed E-state index contributed by atoms with van der Waals surface area (Å²) in [5.74, 6) is -0.704. The second kappa shape index (κ2) is 6.85. The first-order valence-corrected chi connectivity index (χ1v) is 7.47. The number of nitrogen functional groups attached to an aromatic ring is 1. The van der Waals surface area contributed by atoms with Crippen molar-refractivity contribution in [3.63, 3.8) is 0 Å². The summed E-state index contributed by atoms with van der Waals surface area (Å²) in [5.41, 5.74) is 6.26. The van der Waals surface area contributed by atoms with E-state index in [1.165, 1.54) is 17.2 Å². The molecule has 0 saturated carbocycles. The van der Waals surface area contributed by atoms with Crippen LogP contribution in [0.3, 0.4) is 0 Å². The summed E-state index contributed by atoms with van der Waals surface area (Å²) in [4.78, 5) is 23.6. The van der Waals surface area contributed by atoms with Crippen molar-refractivity contribution in [3.05, 3.63) is 12.7 Å². The number of hydrogen-bond donors (Lipinski definition) is 6. The van der Waals surface area contributed by atoms with E-state index in [2.05, 4.69) is 20.3 Å². The number of hydrogen-bond acceptors (Lipinski definition) is 10. The number of aromatic nitrogens is 4. The Hall–Kier alpha value is -2.38. The predicted molar refractivity (Wildman–Crippen MR) is 81.8 cm³/mol. The Balaban J connectivity index is 1.84. The third-order valence-electron chi connectivity index (χ3n) is 3.93. The van der Waals surface area contributed by atoms with Gasteiger partial charge in [0.1, 0.15) is 30.2 Å². The number of imidazole rings is 1. The van der Waals surface area contributed by atoms with Gasteiger partial charge in [0.25, 0.3) is 5.91 Å². The molecule has 1 saturated heterocycles. The Morgan fingerprint density at radius 2 is 2.12 bits per heavy atom. The Morgan fingerprint density at radius 1 is 1.36 bits per heavy atom. The van der Waals surface area contributed by atoms with Crippen LogP contribution < -0.4 is 11.1 Å². The fourth-order valence-corrected chi connectivity index (χ4v) is 2.67. The predicted octanol–water partition coefficient (Wildman–Crippen LogP) is -3.50. The van der Waals surface area contributed by atoms with Crippen LogP contribution in [0.15, 0.2) is 12.7 Å². The van der Waals surface area contributed by atoms with Gasteiger partial charge in [0.15, 0.2) is 23.8 Å². The molecule has 12 nitrogen and oxygen atoms in total. The van der Waals surface area contributed by atoms with Crippen LogP contribution in [0.1, 0.15) is 6.23 Å². The Bertz CT molecular complexity index is 769. The minimum Gasteiger partial charge on any atom is -0.395 e. The Labute approximate surface area is 140 Å². The van der Waals surface area contributed by atoms with E-state index in [1.54, 1.807) is 0 Å². The zero-order chi connectivity index (χ0) is 18.1. The number of aliphatic hydroxyl groups is 4. The number of nitrogens with zero attached hydrogens (tertiary/aromatic N) is 4. The lowest BCUT2D eigenvalue weighted by molar-refractivity contribution is -0.143. The lowest BCUT2D eigenvalue weighted by Crippen LogP contribution is -2.48. The van der Waals surface area contributed by atoms with Gasteiger partial charge in [-0.05, 0) is 0 Å². The maximum Gasteiger partial charge on any atom is 0.251 e. The van der Waals surface area contributed by atoms with Crippen molar-refractivity contribution in [1.82, 2.24) is 24.8 Å². The van der Waals surface area contributed by atoms with Gasteiger partial charge in [0, 0.05) is 6.54 Å². The van der Waals surface area contributed by atoms with E-state index in [0.29, 0.717) is 0 Å². The molecule has 2 aromatic rings. The summed E-state index contributed by atoms with van der Waals surface area (Å²) in [6.07, 6.45) is -4.72. The Kier molecular flexibility index (Phi) is 4.78. The van der Waals surface area contributed by atoms with E-state index >= 15 is 0 Å². The van der Waals surface area contributed by atoms with Crippen molar-refractivity contribution in [2.75, 3.05) is 18.9 Å². The van der Waals surface area contributed by atoms with Crippen molar-refractivity contribution in [2.45, 2.75) is 30.6 Å². The van der Waals surface area contributed by atoms with Crippen molar-refractivity contribution in [3.8, 4) is 0 Å². The second-order valence-corrected chi connectivity index (χ2v) is 5.51. The zero-order valence-corrected chi connectivity index (χ0v) is 12.9. The van der Waals surface area contributed by atoms with E-state index < -0.39 is 36.6 Å². The number of carbonyl (C=O) groups excluding carboxylic acids is 1. The van der Waals surface area contributed by atoms with Gasteiger partial charge >= 0.3 is 0 Å². The summed E-state index contributed by atoms with van der Waals surface area (Å²) in [6, 6.07) is 0. The van der Waals surface area contributed by atoms with Crippen LogP contribution in [0.25, 0.3) is 11.2 Å². The van der Waals surface area contributed by atoms with Gasteiger partial charge in [-0.1, -0.05) is 0 Å². The van der Waals surface area contributed by atoms with Crippen LogP contribution in [0.2, 0.25) is 0 Å². The molecule has 1 fully saturated rings. The molecule has 2 aromatic heterocycles. The average molecular weight is 354 g/mol. The normalized spacial score (nSPS) is 27.5. The van der Waals surface area contributed by atoms with Crippen LogP contribution >= 0.6 is 0 Å². The number of anilines is 1. The molecule has 0 aromatic carbocycles. The summed E-state index contributed by atoms with van der Waals surface area (Å²) < 4.78 is 6.82. The first-order chi connectivity index (χ1) is 12.0. The summed E-state index contributed by atoms with van der Waals surface area (Å²) in [6.45, 7) is -0.368. The van der Waals surface area contributed by atoms with Crippen LogP contribution in [0.5, 0.6) is 0 Å². The van der Waals surface area contributed by atoms with Crippen LogP contribution in [0, 0.1) is 0 Å². The molecule has 0 aliphatic carbocycles. The maximum absolute atomic E-state index is 11.8. The number of nitrogens with one attached hydrogen (secondary N) is 1. The number of rotatable bonds is 5. The topological polar surface area (TPSA) is 189 Å². The number of fused-ring (bicyclic) bond motifs is 1. The van der Waals surface area contributed by atoms with Gasteiger partial charge in [0.2, 0.25) is 0 Å². The smallest absolute Gasteiger partial charge is 0.251 e. The second-order valence-electron chi connectivity index (χ2n) is 5.51. The van der Waals surface area contributed by atoms with Crippen LogP contribution in [0.4, 0.5) is 5.82 Å². The van der Waals surface area contributed by atoms with E-state index in [0.717, 1.165) is 0 Å². The van der Waals surface area contributed by atoms with Crippen molar-refractivity contribution in [1.29, 1.82) is 0 Å². The zero-order valence-electron chi connectivity index (χ0n) is 12.9. The molecule has 25 heavy (non-hydrogen) atoms. The number of carbonyl (C=O) groups is 1. The minimum absolute atomic E-state index is 0.0625. The number of amides is 1. The first-order valence-electron chi connectivity index (χ1n) is 7.47. The van der Waals surface area contributed by atoms with Gasteiger partial charge in [-0.3, -0.25) is 9.36 Å². The molecule has 7 N–H and O–H groups in total. The number of nitrogens with two attached hydrogens (primary N) is 1. The van der Waals surface area contributed by atoms with Crippen molar-refractivity contribution in [2.24, 2.45) is 0 Å². The molecule has 0 spiro atoms. The van der Waals surface area contributed by atoms with Crippen LogP contribution in [-0.2, 0) is 9.53 Å². The van der Waals surface area contributed by atoms with Crippen LogP contribution in [-0.4, -0.2) is 83.4 Å². The fourth-order valence-electron chi connectivity index (χ4n) is 2.67. The molecular weight excluding hydrogens is 336 g/mol. The van der Waals surface area contributed by atoms with Gasteiger partial charge in [-0.15, -0.1) is 0 Å². The number of aliphatic hydroxyl groups excluding tert-OH is 4. The summed E-state index contributed by atoms with van der Waals surface area (Å²) in [5, 5.41) is 41.4. The van der Waals surface area contributed by atoms with E-state index in [9.17, 15) is 20.1 Å². The highest BCUT2D eigenvalue weighted by Crippen LogP contribution is 2.33. The molecule has 136 valence electrons.